The normalized spacial score (nSPS) is 12.7. The lowest BCUT2D eigenvalue weighted by molar-refractivity contribution is 0.474. The van der Waals surface area contributed by atoms with Gasteiger partial charge in [0.1, 0.15) is 17.2 Å². The highest BCUT2D eigenvalue weighted by Gasteiger charge is 2.28. The third-order valence-corrected chi connectivity index (χ3v) is 5.90. The fourth-order valence-electron chi connectivity index (χ4n) is 3.32. The molecule has 2 heterocycles. The first-order valence-electron chi connectivity index (χ1n) is 8.15. The van der Waals surface area contributed by atoms with Gasteiger partial charge in [-0.2, -0.15) is 0 Å². The molecule has 9 heteroatoms. The van der Waals surface area contributed by atoms with E-state index < -0.39 is 15.8 Å². The lowest BCUT2D eigenvalue weighted by atomic mass is 10.1. The Morgan fingerprint density at radius 3 is 2.64 bits per heavy atom. The molecule has 0 amide bonds. The standard InChI is InChI=1S/C19H11BrFN3O3S/c20-10-5-6-13(21)12(7-10)19-23-14-8-11(28(22,25)26)9-17-18(14)24(19)15-3-1-2-4-16(15)27-17/h1-9H,(H2,22,25,26). The molecule has 0 aliphatic carbocycles. The third kappa shape index (κ3) is 2.55. The molecule has 0 fully saturated rings. The molecule has 1 aromatic heterocycles. The van der Waals surface area contributed by atoms with E-state index in [0.29, 0.717) is 32.8 Å². The average molecular weight is 460 g/mol. The van der Waals surface area contributed by atoms with Gasteiger partial charge in [0.05, 0.1) is 21.7 Å². The summed E-state index contributed by atoms with van der Waals surface area (Å²) in [7, 11) is -3.97. The number of hydrogen-bond acceptors (Lipinski definition) is 4. The van der Waals surface area contributed by atoms with Crippen molar-refractivity contribution < 1.29 is 17.5 Å². The van der Waals surface area contributed by atoms with E-state index in [-0.39, 0.29) is 16.2 Å². The minimum atomic E-state index is -3.97. The van der Waals surface area contributed by atoms with Crippen molar-refractivity contribution >= 4 is 37.0 Å². The zero-order chi connectivity index (χ0) is 19.6. The lowest BCUT2D eigenvalue weighted by Crippen LogP contribution is -2.13. The van der Waals surface area contributed by atoms with Gasteiger partial charge in [-0.3, -0.25) is 4.57 Å². The molecule has 1 aliphatic rings. The van der Waals surface area contributed by atoms with E-state index in [1.807, 2.05) is 12.1 Å². The van der Waals surface area contributed by atoms with Crippen LogP contribution in [-0.4, -0.2) is 18.0 Å². The van der Waals surface area contributed by atoms with Crippen LogP contribution in [0.25, 0.3) is 28.1 Å². The average Bonchev–Trinajstić information content (AvgIpc) is 3.04. The van der Waals surface area contributed by atoms with E-state index in [4.69, 9.17) is 9.88 Å². The number of benzene rings is 3. The van der Waals surface area contributed by atoms with Gasteiger partial charge in [0.25, 0.3) is 0 Å². The second-order valence-corrected chi connectivity index (χ2v) is 8.78. The number of nitrogens with zero attached hydrogens (tertiary/aromatic N) is 2. The van der Waals surface area contributed by atoms with Crippen molar-refractivity contribution in [3.63, 3.8) is 0 Å². The minimum absolute atomic E-state index is 0.125. The molecule has 6 nitrogen and oxygen atoms in total. The Balaban J connectivity index is 1.94. The van der Waals surface area contributed by atoms with Gasteiger partial charge in [-0.15, -0.1) is 0 Å². The molecule has 1 aliphatic heterocycles. The summed E-state index contributed by atoms with van der Waals surface area (Å²) in [4.78, 5) is 4.41. The molecular weight excluding hydrogens is 449 g/mol. The van der Waals surface area contributed by atoms with Gasteiger partial charge in [-0.1, -0.05) is 28.1 Å². The molecule has 0 spiro atoms. The van der Waals surface area contributed by atoms with Gasteiger partial charge in [0.15, 0.2) is 11.5 Å². The molecule has 0 atom stereocenters. The topological polar surface area (TPSA) is 87.2 Å². The second kappa shape index (κ2) is 5.87. The van der Waals surface area contributed by atoms with Crippen molar-refractivity contribution in [1.29, 1.82) is 0 Å². The van der Waals surface area contributed by atoms with Crippen LogP contribution in [0.5, 0.6) is 11.5 Å². The van der Waals surface area contributed by atoms with Crippen LogP contribution in [-0.2, 0) is 10.0 Å². The van der Waals surface area contributed by atoms with Crippen molar-refractivity contribution in [3.05, 3.63) is 64.9 Å². The number of ether oxygens (including phenoxy) is 1. The van der Waals surface area contributed by atoms with Crippen molar-refractivity contribution in [1.82, 2.24) is 9.55 Å². The zero-order valence-electron chi connectivity index (χ0n) is 14.1. The van der Waals surface area contributed by atoms with E-state index in [2.05, 4.69) is 20.9 Å². The summed E-state index contributed by atoms with van der Waals surface area (Å²) in [6.07, 6.45) is 0. The van der Waals surface area contributed by atoms with Crippen molar-refractivity contribution in [2.24, 2.45) is 5.14 Å². The third-order valence-electron chi connectivity index (χ3n) is 4.51. The fraction of sp³-hybridized carbons (Fsp3) is 0. The van der Waals surface area contributed by atoms with Crippen molar-refractivity contribution in [2.45, 2.75) is 4.90 Å². The number of aromatic nitrogens is 2. The number of fused-ring (bicyclic) bond motifs is 2. The predicted molar refractivity (Wildman–Crippen MR) is 106 cm³/mol. The second-order valence-electron chi connectivity index (χ2n) is 6.30. The molecule has 0 radical (unpaired) electrons. The number of rotatable bonds is 2. The van der Waals surface area contributed by atoms with Crippen LogP contribution in [0.1, 0.15) is 0 Å². The van der Waals surface area contributed by atoms with Gasteiger partial charge >= 0.3 is 0 Å². The van der Waals surface area contributed by atoms with Crippen LogP contribution in [0.15, 0.2) is 64.0 Å². The van der Waals surface area contributed by atoms with Crippen LogP contribution >= 0.6 is 15.9 Å². The van der Waals surface area contributed by atoms with Crippen LogP contribution < -0.4 is 9.88 Å². The van der Waals surface area contributed by atoms with Gasteiger partial charge in [-0.05, 0) is 36.4 Å². The molecule has 3 aromatic carbocycles. The maximum Gasteiger partial charge on any atom is 0.238 e. The van der Waals surface area contributed by atoms with E-state index >= 15 is 0 Å². The largest absolute Gasteiger partial charge is 0.453 e. The molecule has 0 saturated carbocycles. The first kappa shape index (κ1) is 17.4. The molecule has 28 heavy (non-hydrogen) atoms. The Labute approximate surface area is 167 Å². The maximum absolute atomic E-state index is 14.6. The molecular formula is C19H11BrFN3O3S. The molecule has 2 N–H and O–H groups in total. The quantitative estimate of drug-likeness (QED) is 0.425. The summed E-state index contributed by atoms with van der Waals surface area (Å²) in [5.41, 5.74) is 1.83. The Hall–Kier alpha value is -2.75. The Morgan fingerprint density at radius 1 is 1.07 bits per heavy atom. The molecule has 0 saturated heterocycles. The highest BCUT2D eigenvalue weighted by atomic mass is 79.9. The first-order chi connectivity index (χ1) is 13.3. The highest BCUT2D eigenvalue weighted by molar-refractivity contribution is 9.10. The predicted octanol–water partition coefficient (Wildman–Crippen LogP) is 4.35. The van der Waals surface area contributed by atoms with E-state index in [9.17, 15) is 12.8 Å². The number of hydrogen-bond donors (Lipinski definition) is 1. The number of primary sulfonamides is 1. The summed E-state index contributed by atoms with van der Waals surface area (Å²) in [6.45, 7) is 0. The van der Waals surface area contributed by atoms with E-state index in [1.165, 1.54) is 18.2 Å². The molecule has 0 bridgehead atoms. The SMILES string of the molecule is NS(=O)(=O)c1cc2c3c(c1)nc(-c1cc(Br)ccc1F)n3-c1ccccc1O2. The number of imidazole rings is 1. The van der Waals surface area contributed by atoms with Crippen LogP contribution in [0.3, 0.4) is 0 Å². The molecule has 4 aromatic rings. The molecule has 5 rings (SSSR count). The summed E-state index contributed by atoms with van der Waals surface area (Å²) in [6, 6.07) is 14.5. The zero-order valence-corrected chi connectivity index (χ0v) is 16.5. The van der Waals surface area contributed by atoms with Crippen molar-refractivity contribution in [2.75, 3.05) is 0 Å². The Bertz CT molecular complexity index is 1400. The number of sulfonamides is 1. The number of nitrogens with two attached hydrogens (primary N) is 1. The molecule has 0 unspecified atom stereocenters. The van der Waals surface area contributed by atoms with E-state index in [1.54, 1.807) is 28.8 Å². The Kier molecular flexibility index (Phi) is 3.64. The lowest BCUT2D eigenvalue weighted by Gasteiger charge is -2.21. The summed E-state index contributed by atoms with van der Waals surface area (Å²) in [5.74, 6) is 0.663. The monoisotopic (exact) mass is 459 g/mol. The van der Waals surface area contributed by atoms with Crippen LogP contribution in [0.2, 0.25) is 0 Å². The summed E-state index contributed by atoms with van der Waals surface area (Å²) in [5, 5.41) is 5.30. The van der Waals surface area contributed by atoms with Crippen LogP contribution in [0, 0.1) is 5.82 Å². The van der Waals surface area contributed by atoms with Crippen molar-refractivity contribution in [3.8, 4) is 28.6 Å². The summed E-state index contributed by atoms with van der Waals surface area (Å²) < 4.78 is 46.8. The van der Waals surface area contributed by atoms with Gasteiger partial charge in [0.2, 0.25) is 10.0 Å². The van der Waals surface area contributed by atoms with Crippen LogP contribution in [0.4, 0.5) is 4.39 Å². The van der Waals surface area contributed by atoms with Gasteiger partial charge in [-0.25, -0.2) is 22.9 Å². The highest BCUT2D eigenvalue weighted by Crippen LogP contribution is 2.44. The molecule has 140 valence electrons. The van der Waals surface area contributed by atoms with Gasteiger partial charge in [0, 0.05) is 10.5 Å². The Morgan fingerprint density at radius 2 is 1.86 bits per heavy atom. The smallest absolute Gasteiger partial charge is 0.238 e. The van der Waals surface area contributed by atoms with Gasteiger partial charge < -0.3 is 4.74 Å². The summed E-state index contributed by atoms with van der Waals surface area (Å²) >= 11 is 3.36. The fourth-order valence-corrected chi connectivity index (χ4v) is 4.23. The number of halogens is 2. The number of para-hydroxylation sites is 2. The van der Waals surface area contributed by atoms with E-state index in [0.717, 1.165) is 0 Å². The maximum atomic E-state index is 14.6. The first-order valence-corrected chi connectivity index (χ1v) is 10.5. The minimum Gasteiger partial charge on any atom is -0.453 e.